The molecule has 0 bridgehead atoms. The summed E-state index contributed by atoms with van der Waals surface area (Å²) in [5.74, 6) is 0.881. The van der Waals surface area contributed by atoms with Crippen LogP contribution in [-0.2, 0) is 4.74 Å². The molecule has 2 heteroatoms. The molecule has 0 amide bonds. The van der Waals surface area contributed by atoms with Gasteiger partial charge in [-0.15, -0.1) is 0 Å². The number of nitrogens with two attached hydrogens (primary N) is 1. The number of hydrogen-bond acceptors (Lipinski definition) is 2. The minimum absolute atomic E-state index is 0.448. The van der Waals surface area contributed by atoms with Crippen molar-refractivity contribution in [1.82, 2.24) is 0 Å². The van der Waals surface area contributed by atoms with Crippen molar-refractivity contribution >= 4 is 0 Å². The fourth-order valence-corrected chi connectivity index (χ4v) is 4.85. The standard InChI is InChI=1S/C27H53NO/c1-4-5-6-7-8-9-10-11-12-13-18-25(3)29-27-21-20-26(23-27)19-14-16-24(2)17-15-22-28/h25-27H,2,4-23,28H2,1,3H3/t25?,26?,27-/m0/s1. The van der Waals surface area contributed by atoms with Gasteiger partial charge in [-0.3, -0.25) is 0 Å². The maximum Gasteiger partial charge on any atom is 0.0581 e. The van der Waals surface area contributed by atoms with Gasteiger partial charge in [0.05, 0.1) is 12.2 Å². The largest absolute Gasteiger partial charge is 0.375 e. The van der Waals surface area contributed by atoms with E-state index in [1.54, 1.807) is 0 Å². The van der Waals surface area contributed by atoms with E-state index in [9.17, 15) is 0 Å². The van der Waals surface area contributed by atoms with Crippen LogP contribution in [-0.4, -0.2) is 18.8 Å². The van der Waals surface area contributed by atoms with Crippen molar-refractivity contribution in [2.75, 3.05) is 6.54 Å². The number of ether oxygens (including phenoxy) is 1. The van der Waals surface area contributed by atoms with E-state index in [1.807, 2.05) is 0 Å². The van der Waals surface area contributed by atoms with Crippen molar-refractivity contribution in [2.45, 2.75) is 148 Å². The minimum atomic E-state index is 0.448. The summed E-state index contributed by atoms with van der Waals surface area (Å²) in [4.78, 5) is 0. The van der Waals surface area contributed by atoms with Crippen molar-refractivity contribution in [3.8, 4) is 0 Å². The summed E-state index contributed by atoms with van der Waals surface area (Å²) >= 11 is 0. The van der Waals surface area contributed by atoms with Crippen LogP contribution in [0, 0.1) is 5.92 Å². The minimum Gasteiger partial charge on any atom is -0.375 e. The summed E-state index contributed by atoms with van der Waals surface area (Å²) in [5, 5.41) is 0. The fourth-order valence-electron chi connectivity index (χ4n) is 4.85. The summed E-state index contributed by atoms with van der Waals surface area (Å²) in [5.41, 5.74) is 6.98. The summed E-state index contributed by atoms with van der Waals surface area (Å²) in [6, 6.07) is 0. The van der Waals surface area contributed by atoms with E-state index >= 15 is 0 Å². The predicted octanol–water partition coefficient (Wildman–Crippen LogP) is 8.34. The SMILES string of the molecule is C=C(CCCN)CCCC1CC[C@H](OC(C)CCCCCCCCCCCC)C1. The molecular formula is C27H53NO. The number of rotatable bonds is 20. The van der Waals surface area contributed by atoms with Gasteiger partial charge in [-0.25, -0.2) is 0 Å². The topological polar surface area (TPSA) is 35.2 Å². The van der Waals surface area contributed by atoms with Gasteiger partial charge in [0.1, 0.15) is 0 Å². The molecule has 0 spiro atoms. The van der Waals surface area contributed by atoms with Crippen LogP contribution >= 0.6 is 0 Å². The first-order valence-electron chi connectivity index (χ1n) is 13.2. The Hall–Kier alpha value is -0.340. The Morgan fingerprint density at radius 3 is 2.17 bits per heavy atom. The summed E-state index contributed by atoms with van der Waals surface area (Å²) < 4.78 is 6.37. The molecule has 0 aliphatic heterocycles. The molecule has 0 saturated heterocycles. The van der Waals surface area contributed by atoms with Crippen LogP contribution in [0.15, 0.2) is 12.2 Å². The maximum absolute atomic E-state index is 6.37. The first-order valence-corrected chi connectivity index (χ1v) is 13.2. The second-order valence-electron chi connectivity index (χ2n) is 9.75. The number of hydrogen-bond donors (Lipinski definition) is 1. The Balaban J connectivity index is 1.93. The first-order chi connectivity index (χ1) is 14.2. The molecule has 2 N–H and O–H groups in total. The van der Waals surface area contributed by atoms with Crippen molar-refractivity contribution in [3.63, 3.8) is 0 Å². The third-order valence-electron chi connectivity index (χ3n) is 6.76. The summed E-state index contributed by atoms with van der Waals surface area (Å²) in [6.45, 7) is 9.57. The van der Waals surface area contributed by atoms with Crippen LogP contribution in [0.3, 0.4) is 0 Å². The van der Waals surface area contributed by atoms with Gasteiger partial charge in [0.25, 0.3) is 0 Å². The number of allylic oxidation sites excluding steroid dienone is 1. The van der Waals surface area contributed by atoms with Crippen molar-refractivity contribution in [1.29, 1.82) is 0 Å². The average molecular weight is 408 g/mol. The van der Waals surface area contributed by atoms with Gasteiger partial charge >= 0.3 is 0 Å². The van der Waals surface area contributed by atoms with Crippen LogP contribution in [0.25, 0.3) is 0 Å². The highest BCUT2D eigenvalue weighted by Gasteiger charge is 2.26. The van der Waals surface area contributed by atoms with Crippen LogP contribution < -0.4 is 5.73 Å². The Morgan fingerprint density at radius 2 is 1.52 bits per heavy atom. The van der Waals surface area contributed by atoms with E-state index in [0.717, 1.165) is 25.3 Å². The molecule has 0 heterocycles. The smallest absolute Gasteiger partial charge is 0.0581 e. The van der Waals surface area contributed by atoms with Gasteiger partial charge in [0, 0.05) is 0 Å². The molecular weight excluding hydrogens is 354 g/mol. The molecule has 3 atom stereocenters. The zero-order chi connectivity index (χ0) is 21.2. The van der Waals surface area contributed by atoms with Gasteiger partial charge in [0.15, 0.2) is 0 Å². The molecule has 29 heavy (non-hydrogen) atoms. The van der Waals surface area contributed by atoms with Crippen molar-refractivity contribution < 1.29 is 4.74 Å². The van der Waals surface area contributed by atoms with Crippen LogP contribution in [0.4, 0.5) is 0 Å². The third kappa shape index (κ3) is 15.2. The number of unbranched alkanes of at least 4 members (excludes halogenated alkanes) is 9. The zero-order valence-electron chi connectivity index (χ0n) is 20.1. The Labute approximate surface area is 183 Å². The van der Waals surface area contributed by atoms with E-state index in [0.29, 0.717) is 12.2 Å². The molecule has 1 aliphatic carbocycles. The van der Waals surface area contributed by atoms with Gasteiger partial charge < -0.3 is 10.5 Å². The lowest BCUT2D eigenvalue weighted by Crippen LogP contribution is -2.17. The highest BCUT2D eigenvalue weighted by Crippen LogP contribution is 2.33. The monoisotopic (exact) mass is 407 g/mol. The highest BCUT2D eigenvalue weighted by molar-refractivity contribution is 4.94. The maximum atomic E-state index is 6.37. The van der Waals surface area contributed by atoms with E-state index in [1.165, 1.54) is 115 Å². The average Bonchev–Trinajstić information content (AvgIpc) is 3.14. The van der Waals surface area contributed by atoms with Gasteiger partial charge in [-0.2, -0.15) is 0 Å². The van der Waals surface area contributed by atoms with Crippen molar-refractivity contribution in [3.05, 3.63) is 12.2 Å². The van der Waals surface area contributed by atoms with E-state index < -0.39 is 0 Å². The molecule has 0 aromatic heterocycles. The Morgan fingerprint density at radius 1 is 0.897 bits per heavy atom. The lowest BCUT2D eigenvalue weighted by atomic mass is 9.97. The lowest BCUT2D eigenvalue weighted by molar-refractivity contribution is -0.00516. The summed E-state index contributed by atoms with van der Waals surface area (Å²) in [7, 11) is 0. The highest BCUT2D eigenvalue weighted by atomic mass is 16.5. The quantitative estimate of drug-likeness (QED) is 0.162. The summed E-state index contributed by atoms with van der Waals surface area (Å²) in [6.07, 6.45) is 26.4. The van der Waals surface area contributed by atoms with Gasteiger partial charge in [-0.05, 0) is 70.8 Å². The normalized spacial score (nSPS) is 20.2. The molecule has 2 unspecified atom stereocenters. The molecule has 0 aromatic carbocycles. The van der Waals surface area contributed by atoms with Gasteiger partial charge in [-0.1, -0.05) is 89.7 Å². The fraction of sp³-hybridized carbons (Fsp3) is 0.926. The zero-order valence-corrected chi connectivity index (χ0v) is 20.1. The first kappa shape index (κ1) is 26.7. The van der Waals surface area contributed by atoms with E-state index in [4.69, 9.17) is 10.5 Å². The Bertz CT molecular complexity index is 381. The van der Waals surface area contributed by atoms with E-state index in [-0.39, 0.29) is 0 Å². The van der Waals surface area contributed by atoms with Crippen LogP contribution in [0.5, 0.6) is 0 Å². The molecule has 1 saturated carbocycles. The third-order valence-corrected chi connectivity index (χ3v) is 6.76. The molecule has 0 aromatic rings. The van der Waals surface area contributed by atoms with Crippen molar-refractivity contribution in [2.24, 2.45) is 11.7 Å². The lowest BCUT2D eigenvalue weighted by Gasteiger charge is -2.19. The van der Waals surface area contributed by atoms with Gasteiger partial charge in [0.2, 0.25) is 0 Å². The molecule has 172 valence electrons. The second-order valence-corrected chi connectivity index (χ2v) is 9.75. The van der Waals surface area contributed by atoms with E-state index in [2.05, 4.69) is 20.4 Å². The molecule has 1 rings (SSSR count). The molecule has 1 fully saturated rings. The second kappa shape index (κ2) is 18.4. The van der Waals surface area contributed by atoms with Crippen LogP contribution in [0.1, 0.15) is 136 Å². The molecule has 1 aliphatic rings. The van der Waals surface area contributed by atoms with Crippen LogP contribution in [0.2, 0.25) is 0 Å². The molecule has 0 radical (unpaired) electrons. The molecule has 2 nitrogen and oxygen atoms in total. The predicted molar refractivity (Wildman–Crippen MR) is 129 cm³/mol. The Kier molecular flexibility index (Phi) is 17.0.